The van der Waals surface area contributed by atoms with Gasteiger partial charge in [0.15, 0.2) is 5.78 Å². The van der Waals surface area contributed by atoms with Gasteiger partial charge in [0.2, 0.25) is 0 Å². The number of nitrogens with one attached hydrogen (secondary N) is 1. The van der Waals surface area contributed by atoms with E-state index in [4.69, 9.17) is 5.73 Å². The molecular formula is C19H19N5OS. The molecule has 2 heterocycles. The number of nitrogens with two attached hydrogens (primary N) is 1. The lowest BCUT2D eigenvalue weighted by Crippen LogP contribution is -2.08. The van der Waals surface area contributed by atoms with Crippen LogP contribution in [-0.2, 0) is 13.0 Å². The van der Waals surface area contributed by atoms with E-state index in [1.54, 1.807) is 12.4 Å². The van der Waals surface area contributed by atoms with E-state index in [1.165, 1.54) is 18.0 Å². The fourth-order valence-electron chi connectivity index (χ4n) is 2.46. The number of hydrogen-bond donors (Lipinski definition) is 2. The molecule has 6 nitrogen and oxygen atoms in total. The highest BCUT2D eigenvalue weighted by Gasteiger charge is 2.10. The van der Waals surface area contributed by atoms with Gasteiger partial charge >= 0.3 is 0 Å². The van der Waals surface area contributed by atoms with Crippen molar-refractivity contribution >= 4 is 29.1 Å². The summed E-state index contributed by atoms with van der Waals surface area (Å²) < 4.78 is 0. The van der Waals surface area contributed by atoms with Crippen LogP contribution >= 0.6 is 11.8 Å². The van der Waals surface area contributed by atoms with E-state index in [-0.39, 0.29) is 12.2 Å². The van der Waals surface area contributed by atoms with E-state index in [2.05, 4.69) is 20.3 Å². The Bertz CT molecular complexity index is 898. The molecule has 0 aliphatic heterocycles. The van der Waals surface area contributed by atoms with Crippen molar-refractivity contribution in [1.29, 1.82) is 0 Å². The number of thioether (sulfide) groups is 1. The Labute approximate surface area is 156 Å². The number of Topliss-reactive ketones (excluding diaryl/α,β-unsaturated/α-hetero) is 1. The van der Waals surface area contributed by atoms with Gasteiger partial charge in [-0.2, -0.15) is 0 Å². The van der Waals surface area contributed by atoms with Gasteiger partial charge in [-0.05, 0) is 29.5 Å². The molecule has 0 radical (unpaired) electrons. The van der Waals surface area contributed by atoms with Gasteiger partial charge in [-0.25, -0.2) is 15.0 Å². The zero-order chi connectivity index (χ0) is 18.4. The van der Waals surface area contributed by atoms with Crippen LogP contribution in [0, 0.1) is 0 Å². The van der Waals surface area contributed by atoms with Gasteiger partial charge in [0, 0.05) is 19.2 Å². The average molecular weight is 365 g/mol. The maximum absolute atomic E-state index is 12.4. The molecule has 0 atom stereocenters. The predicted octanol–water partition coefficient (Wildman–Crippen LogP) is 3.21. The van der Waals surface area contributed by atoms with E-state index < -0.39 is 0 Å². The lowest BCUT2D eigenvalue weighted by Gasteiger charge is -2.09. The number of benzene rings is 1. The summed E-state index contributed by atoms with van der Waals surface area (Å²) in [5.74, 6) is 0.415. The van der Waals surface area contributed by atoms with E-state index in [1.807, 2.05) is 42.7 Å². The predicted molar refractivity (Wildman–Crippen MR) is 104 cm³/mol. The van der Waals surface area contributed by atoms with Crippen LogP contribution in [0.1, 0.15) is 21.6 Å². The third-order valence-electron chi connectivity index (χ3n) is 3.80. The minimum absolute atomic E-state index is 0.0493. The van der Waals surface area contributed by atoms with Crippen LogP contribution < -0.4 is 11.1 Å². The monoisotopic (exact) mass is 365 g/mol. The molecule has 26 heavy (non-hydrogen) atoms. The van der Waals surface area contributed by atoms with Crippen LogP contribution in [0.5, 0.6) is 0 Å². The summed E-state index contributed by atoms with van der Waals surface area (Å²) >= 11 is 1.49. The zero-order valence-electron chi connectivity index (χ0n) is 14.3. The molecule has 0 unspecified atom stereocenters. The Morgan fingerprint density at radius 2 is 1.96 bits per heavy atom. The summed E-state index contributed by atoms with van der Waals surface area (Å²) in [6.07, 6.45) is 7.02. The van der Waals surface area contributed by atoms with Crippen LogP contribution in [0.2, 0.25) is 0 Å². The molecule has 3 rings (SSSR count). The second kappa shape index (κ2) is 8.44. The summed E-state index contributed by atoms with van der Waals surface area (Å²) in [7, 11) is 0. The largest absolute Gasteiger partial charge is 0.382 e. The molecule has 0 saturated carbocycles. The van der Waals surface area contributed by atoms with Crippen LogP contribution in [0.15, 0.2) is 60.0 Å². The molecule has 0 bridgehead atoms. The normalized spacial score (nSPS) is 10.5. The van der Waals surface area contributed by atoms with Crippen molar-refractivity contribution < 1.29 is 4.79 Å². The molecule has 3 aromatic rings. The van der Waals surface area contributed by atoms with Crippen molar-refractivity contribution in [2.75, 3.05) is 17.3 Å². The van der Waals surface area contributed by atoms with Crippen LogP contribution in [0.25, 0.3) is 0 Å². The number of aromatic nitrogens is 3. The first kappa shape index (κ1) is 17.9. The Morgan fingerprint density at radius 3 is 2.69 bits per heavy atom. The van der Waals surface area contributed by atoms with Gasteiger partial charge in [0.1, 0.15) is 16.5 Å². The highest BCUT2D eigenvalue weighted by atomic mass is 32.2. The summed E-state index contributed by atoms with van der Waals surface area (Å²) in [4.78, 5) is 24.8. The van der Waals surface area contributed by atoms with Crippen LogP contribution in [0.3, 0.4) is 0 Å². The number of nitrogen functional groups attached to an aromatic ring is 1. The lowest BCUT2D eigenvalue weighted by molar-refractivity contribution is 0.0987. The fraction of sp³-hybridized carbons (Fsp3) is 0.158. The lowest BCUT2D eigenvalue weighted by atomic mass is 10.0. The molecule has 0 amide bonds. The Balaban J connectivity index is 1.65. The molecular weight excluding hydrogens is 346 g/mol. The molecule has 0 spiro atoms. The van der Waals surface area contributed by atoms with Gasteiger partial charge in [-0.3, -0.25) is 4.79 Å². The van der Waals surface area contributed by atoms with Gasteiger partial charge in [-0.1, -0.05) is 24.3 Å². The maximum Gasteiger partial charge on any atom is 0.187 e. The van der Waals surface area contributed by atoms with Crippen molar-refractivity contribution in [3.8, 4) is 0 Å². The first-order valence-electron chi connectivity index (χ1n) is 8.07. The van der Waals surface area contributed by atoms with Crippen molar-refractivity contribution in [3.05, 3.63) is 71.8 Å². The molecule has 3 N–H and O–H groups in total. The number of carbonyl (C=O) groups excluding carboxylic acids is 1. The molecule has 0 aliphatic rings. The number of anilines is 2. The Morgan fingerprint density at radius 1 is 1.12 bits per heavy atom. The number of hydrogen-bond acceptors (Lipinski definition) is 7. The maximum atomic E-state index is 12.4. The number of carbonyl (C=O) groups is 1. The molecule has 1 aromatic carbocycles. The third-order valence-corrected chi connectivity index (χ3v) is 4.43. The molecule has 2 aromatic heterocycles. The Kier molecular flexibility index (Phi) is 5.80. The Hall–Kier alpha value is -2.93. The molecule has 7 heteroatoms. The number of pyridine rings is 1. The first-order valence-corrected chi connectivity index (χ1v) is 9.29. The average Bonchev–Trinajstić information content (AvgIpc) is 2.68. The van der Waals surface area contributed by atoms with E-state index in [0.717, 1.165) is 21.8 Å². The first-order chi connectivity index (χ1) is 12.7. The number of ketones is 1. The number of rotatable bonds is 7. The topological polar surface area (TPSA) is 93.8 Å². The van der Waals surface area contributed by atoms with Crippen molar-refractivity contribution in [2.24, 2.45) is 0 Å². The minimum atomic E-state index is -0.0493. The van der Waals surface area contributed by atoms with Gasteiger partial charge in [0.05, 0.1) is 18.1 Å². The van der Waals surface area contributed by atoms with Crippen LogP contribution in [-0.4, -0.2) is 27.0 Å². The SMILES string of the molecule is CSc1cnc(C(=O)Cc2cccc(CNc3cccnc3N)c2)cn1. The fourth-order valence-corrected chi connectivity index (χ4v) is 2.77. The second-order valence-electron chi connectivity index (χ2n) is 5.65. The van der Waals surface area contributed by atoms with Crippen molar-refractivity contribution in [3.63, 3.8) is 0 Å². The smallest absolute Gasteiger partial charge is 0.187 e. The van der Waals surface area contributed by atoms with Gasteiger partial charge in [0.25, 0.3) is 0 Å². The van der Waals surface area contributed by atoms with E-state index >= 15 is 0 Å². The van der Waals surface area contributed by atoms with Gasteiger partial charge in [-0.15, -0.1) is 11.8 Å². The van der Waals surface area contributed by atoms with Crippen molar-refractivity contribution in [1.82, 2.24) is 15.0 Å². The quantitative estimate of drug-likeness (QED) is 0.490. The molecule has 132 valence electrons. The van der Waals surface area contributed by atoms with E-state index in [9.17, 15) is 4.79 Å². The molecule has 0 fully saturated rings. The van der Waals surface area contributed by atoms with E-state index in [0.29, 0.717) is 18.1 Å². The molecule has 0 saturated heterocycles. The van der Waals surface area contributed by atoms with Gasteiger partial charge < -0.3 is 11.1 Å². The third kappa shape index (κ3) is 4.58. The highest BCUT2D eigenvalue weighted by Crippen LogP contribution is 2.16. The summed E-state index contributed by atoms with van der Waals surface area (Å²) in [5, 5.41) is 4.05. The summed E-state index contributed by atoms with van der Waals surface area (Å²) in [6.45, 7) is 0.597. The summed E-state index contributed by atoms with van der Waals surface area (Å²) in [5.41, 5.74) is 9.00. The second-order valence-corrected chi connectivity index (χ2v) is 6.48. The number of nitrogens with zero attached hydrogens (tertiary/aromatic N) is 3. The zero-order valence-corrected chi connectivity index (χ0v) is 15.2. The highest BCUT2D eigenvalue weighted by molar-refractivity contribution is 7.98. The summed E-state index contributed by atoms with van der Waals surface area (Å²) in [6, 6.07) is 11.6. The van der Waals surface area contributed by atoms with Crippen molar-refractivity contribution in [2.45, 2.75) is 18.0 Å². The minimum Gasteiger partial charge on any atom is -0.382 e. The standard InChI is InChI=1S/C19H19N5OS/c1-26-18-12-23-16(11-24-18)17(25)9-13-4-2-5-14(8-13)10-22-15-6-3-7-21-19(15)20/h2-8,11-12,22H,9-10H2,1H3,(H2,20,21). The molecule has 0 aliphatic carbocycles. The van der Waals surface area contributed by atoms with Crippen LogP contribution in [0.4, 0.5) is 11.5 Å².